The number of benzene rings is 1. The Morgan fingerprint density at radius 2 is 2.05 bits per heavy atom. The molecule has 2 aromatic heterocycles. The molecule has 2 nitrogen and oxygen atoms in total. The Balaban J connectivity index is 1.91. The minimum atomic E-state index is 0.123. The maximum absolute atomic E-state index is 4.77. The second-order valence-corrected chi connectivity index (χ2v) is 7.88. The molecule has 0 atom stereocenters. The summed E-state index contributed by atoms with van der Waals surface area (Å²) in [6.45, 7) is 7.45. The Morgan fingerprint density at radius 1 is 1.25 bits per heavy atom. The highest BCUT2D eigenvalue weighted by Crippen LogP contribution is 2.26. The summed E-state index contributed by atoms with van der Waals surface area (Å²) in [5.74, 6) is 0. The molecule has 3 rings (SSSR count). The van der Waals surface area contributed by atoms with E-state index in [-0.39, 0.29) is 5.41 Å². The Labute approximate surface area is 131 Å². The van der Waals surface area contributed by atoms with Gasteiger partial charge in [-0.2, -0.15) is 0 Å². The van der Waals surface area contributed by atoms with E-state index in [9.17, 15) is 0 Å². The zero-order chi connectivity index (χ0) is 14.3. The molecule has 0 saturated carbocycles. The SMILES string of the molecule is CC(C)(C)c1csc(Cn2ccc3cc(Br)ccc32)n1. The second kappa shape index (κ2) is 5.01. The Bertz CT molecular complexity index is 749. The molecule has 104 valence electrons. The molecule has 0 aliphatic heterocycles. The van der Waals surface area contributed by atoms with Crippen LogP contribution in [0.1, 0.15) is 31.5 Å². The molecule has 0 N–H and O–H groups in total. The molecule has 0 spiro atoms. The lowest BCUT2D eigenvalue weighted by Gasteiger charge is -2.14. The summed E-state index contributed by atoms with van der Waals surface area (Å²) in [5, 5.41) is 4.60. The lowest BCUT2D eigenvalue weighted by molar-refractivity contribution is 0.570. The van der Waals surface area contributed by atoms with Crippen LogP contribution in [0.25, 0.3) is 10.9 Å². The zero-order valence-electron chi connectivity index (χ0n) is 11.9. The fourth-order valence-electron chi connectivity index (χ4n) is 2.18. The van der Waals surface area contributed by atoms with E-state index in [4.69, 9.17) is 4.98 Å². The van der Waals surface area contributed by atoms with Gasteiger partial charge in [0.2, 0.25) is 0 Å². The maximum Gasteiger partial charge on any atom is 0.113 e. The van der Waals surface area contributed by atoms with Crippen LogP contribution in [0.5, 0.6) is 0 Å². The number of thiazole rings is 1. The van der Waals surface area contributed by atoms with Crippen LogP contribution in [0.2, 0.25) is 0 Å². The highest BCUT2D eigenvalue weighted by atomic mass is 79.9. The molecular weight excluding hydrogens is 332 g/mol. The Morgan fingerprint density at radius 3 is 2.75 bits per heavy atom. The number of halogens is 1. The average molecular weight is 349 g/mol. The van der Waals surface area contributed by atoms with Crippen molar-refractivity contribution in [2.45, 2.75) is 32.7 Å². The minimum Gasteiger partial charge on any atom is -0.341 e. The normalized spacial score (nSPS) is 12.2. The van der Waals surface area contributed by atoms with Crippen molar-refractivity contribution in [1.82, 2.24) is 9.55 Å². The second-order valence-electron chi connectivity index (χ2n) is 6.02. The first kappa shape index (κ1) is 13.8. The van der Waals surface area contributed by atoms with Crippen molar-refractivity contribution in [2.75, 3.05) is 0 Å². The van der Waals surface area contributed by atoms with Gasteiger partial charge in [0.15, 0.2) is 0 Å². The van der Waals surface area contributed by atoms with Gasteiger partial charge in [-0.15, -0.1) is 11.3 Å². The number of aromatic nitrogens is 2. The smallest absolute Gasteiger partial charge is 0.113 e. The number of fused-ring (bicyclic) bond motifs is 1. The first-order valence-corrected chi connectivity index (χ1v) is 8.30. The fourth-order valence-corrected chi connectivity index (χ4v) is 3.58. The van der Waals surface area contributed by atoms with Crippen LogP contribution in [-0.2, 0) is 12.0 Å². The van der Waals surface area contributed by atoms with E-state index >= 15 is 0 Å². The summed E-state index contributed by atoms with van der Waals surface area (Å²) in [7, 11) is 0. The number of nitrogens with zero attached hydrogens (tertiary/aromatic N) is 2. The monoisotopic (exact) mass is 348 g/mol. The summed E-state index contributed by atoms with van der Waals surface area (Å²) < 4.78 is 3.37. The maximum atomic E-state index is 4.77. The van der Waals surface area contributed by atoms with E-state index in [1.165, 1.54) is 16.6 Å². The van der Waals surface area contributed by atoms with Gasteiger partial charge in [0.1, 0.15) is 5.01 Å². The Hall–Kier alpha value is -1.13. The molecule has 2 heterocycles. The number of hydrogen-bond acceptors (Lipinski definition) is 2. The lowest BCUT2D eigenvalue weighted by atomic mass is 9.93. The molecule has 1 aromatic carbocycles. The van der Waals surface area contributed by atoms with Gasteiger partial charge in [0, 0.05) is 32.4 Å². The third kappa shape index (κ3) is 2.67. The van der Waals surface area contributed by atoms with Gasteiger partial charge in [-0.25, -0.2) is 4.98 Å². The molecule has 4 heteroatoms. The van der Waals surface area contributed by atoms with Crippen LogP contribution in [0.4, 0.5) is 0 Å². The lowest BCUT2D eigenvalue weighted by Crippen LogP contribution is -2.11. The van der Waals surface area contributed by atoms with Gasteiger partial charge in [0.25, 0.3) is 0 Å². The van der Waals surface area contributed by atoms with E-state index in [2.05, 4.69) is 77.1 Å². The molecule has 0 unspecified atom stereocenters. The average Bonchev–Trinajstić information content (AvgIpc) is 2.96. The standard InChI is InChI=1S/C16H17BrN2S/c1-16(2,3)14-10-20-15(18-14)9-19-7-6-11-8-12(17)4-5-13(11)19/h4-8,10H,9H2,1-3H3. The van der Waals surface area contributed by atoms with Crippen LogP contribution in [0, 0.1) is 0 Å². The van der Waals surface area contributed by atoms with Gasteiger partial charge in [0.05, 0.1) is 12.2 Å². The van der Waals surface area contributed by atoms with Crippen molar-refractivity contribution in [3.63, 3.8) is 0 Å². The fraction of sp³-hybridized carbons (Fsp3) is 0.312. The first-order valence-electron chi connectivity index (χ1n) is 6.63. The van der Waals surface area contributed by atoms with Gasteiger partial charge < -0.3 is 4.57 Å². The Kier molecular flexibility index (Phi) is 3.46. The summed E-state index contributed by atoms with van der Waals surface area (Å²) in [5.41, 5.74) is 2.55. The zero-order valence-corrected chi connectivity index (χ0v) is 14.3. The molecule has 0 aliphatic rings. The number of hydrogen-bond donors (Lipinski definition) is 0. The highest BCUT2D eigenvalue weighted by molar-refractivity contribution is 9.10. The predicted molar refractivity (Wildman–Crippen MR) is 89.6 cm³/mol. The van der Waals surface area contributed by atoms with Crippen LogP contribution < -0.4 is 0 Å². The van der Waals surface area contributed by atoms with Crippen LogP contribution in [-0.4, -0.2) is 9.55 Å². The largest absolute Gasteiger partial charge is 0.341 e. The molecule has 20 heavy (non-hydrogen) atoms. The summed E-state index contributed by atoms with van der Waals surface area (Å²) in [4.78, 5) is 4.77. The third-order valence-corrected chi connectivity index (χ3v) is 4.69. The van der Waals surface area contributed by atoms with Crippen molar-refractivity contribution >= 4 is 38.2 Å². The highest BCUT2D eigenvalue weighted by Gasteiger charge is 2.17. The van der Waals surface area contributed by atoms with Crippen LogP contribution >= 0.6 is 27.3 Å². The predicted octanol–water partition coefficient (Wildman–Crippen LogP) is 5.21. The van der Waals surface area contributed by atoms with Crippen LogP contribution in [0.15, 0.2) is 40.3 Å². The van der Waals surface area contributed by atoms with Gasteiger partial charge >= 0.3 is 0 Å². The molecule has 0 saturated heterocycles. The summed E-state index contributed by atoms with van der Waals surface area (Å²) in [6, 6.07) is 8.53. The quantitative estimate of drug-likeness (QED) is 0.621. The third-order valence-electron chi connectivity index (χ3n) is 3.36. The number of rotatable bonds is 2. The van der Waals surface area contributed by atoms with E-state index in [1.807, 2.05) is 0 Å². The van der Waals surface area contributed by atoms with Crippen LogP contribution in [0.3, 0.4) is 0 Å². The van der Waals surface area contributed by atoms with Crippen molar-refractivity contribution in [3.8, 4) is 0 Å². The van der Waals surface area contributed by atoms with E-state index in [0.717, 1.165) is 16.0 Å². The molecule has 0 bridgehead atoms. The molecule has 0 aliphatic carbocycles. The minimum absolute atomic E-state index is 0.123. The molecule has 0 amide bonds. The summed E-state index contributed by atoms with van der Waals surface area (Å²) >= 11 is 5.26. The van der Waals surface area contributed by atoms with Crippen molar-refractivity contribution in [3.05, 3.63) is 51.0 Å². The topological polar surface area (TPSA) is 17.8 Å². The molecular formula is C16H17BrN2S. The van der Waals surface area contributed by atoms with Gasteiger partial charge in [-0.05, 0) is 24.3 Å². The van der Waals surface area contributed by atoms with E-state index in [1.54, 1.807) is 11.3 Å². The first-order chi connectivity index (χ1) is 9.43. The van der Waals surface area contributed by atoms with Crippen molar-refractivity contribution in [2.24, 2.45) is 0 Å². The van der Waals surface area contributed by atoms with Gasteiger partial charge in [-0.3, -0.25) is 0 Å². The summed E-state index contributed by atoms with van der Waals surface area (Å²) in [6.07, 6.45) is 2.13. The molecule has 0 radical (unpaired) electrons. The molecule has 0 fully saturated rings. The van der Waals surface area contributed by atoms with E-state index in [0.29, 0.717) is 0 Å². The van der Waals surface area contributed by atoms with E-state index < -0.39 is 0 Å². The van der Waals surface area contributed by atoms with Gasteiger partial charge in [-0.1, -0.05) is 36.7 Å². The molecule has 3 aromatic rings. The van der Waals surface area contributed by atoms with Crippen molar-refractivity contribution < 1.29 is 0 Å². The van der Waals surface area contributed by atoms with Crippen molar-refractivity contribution in [1.29, 1.82) is 0 Å².